The maximum absolute atomic E-state index is 12.5. The molecule has 1 aromatic rings. The second-order valence-electron chi connectivity index (χ2n) is 5.77. The number of nitrogens with one attached hydrogen (secondary N) is 1. The summed E-state index contributed by atoms with van der Waals surface area (Å²) in [6.45, 7) is 1.42. The number of rotatable bonds is 4. The van der Waals surface area contributed by atoms with Gasteiger partial charge in [-0.05, 0) is 31.9 Å². The summed E-state index contributed by atoms with van der Waals surface area (Å²) in [6.07, 6.45) is 0.632. The van der Waals surface area contributed by atoms with Crippen LogP contribution in [0.15, 0.2) is 24.3 Å². The van der Waals surface area contributed by atoms with Crippen molar-refractivity contribution >= 4 is 23.3 Å². The molecular weight excluding hydrogens is 286 g/mol. The van der Waals surface area contributed by atoms with Gasteiger partial charge in [-0.3, -0.25) is 14.4 Å². The molecule has 2 heterocycles. The molecule has 0 aromatic heterocycles. The van der Waals surface area contributed by atoms with Gasteiger partial charge in [-0.25, -0.2) is 0 Å². The number of amides is 1. The standard InChI is InChI=1S/C16H17NO5/c1-8(18)9-4-2-3-5-10(9)17-15(19)13-11-6-7-12(22-11)14(13)16(20)21/h2-5,11-14H,6-7H2,1H3,(H,17,19)(H,20,21)/t11-,12-,13+,14+/m1/s1. The van der Waals surface area contributed by atoms with Gasteiger partial charge in [0.2, 0.25) is 5.91 Å². The Balaban J connectivity index is 1.83. The molecule has 0 radical (unpaired) electrons. The number of anilines is 1. The van der Waals surface area contributed by atoms with Crippen molar-refractivity contribution in [1.82, 2.24) is 0 Å². The van der Waals surface area contributed by atoms with Gasteiger partial charge in [0.05, 0.1) is 29.7 Å². The fraction of sp³-hybridized carbons (Fsp3) is 0.438. The summed E-state index contributed by atoms with van der Waals surface area (Å²) in [5, 5.41) is 12.0. The van der Waals surface area contributed by atoms with E-state index in [0.29, 0.717) is 24.1 Å². The minimum Gasteiger partial charge on any atom is -0.481 e. The molecule has 22 heavy (non-hydrogen) atoms. The molecule has 2 aliphatic heterocycles. The smallest absolute Gasteiger partial charge is 0.310 e. The molecule has 0 saturated carbocycles. The number of fused-ring (bicyclic) bond motifs is 2. The number of para-hydroxylation sites is 1. The monoisotopic (exact) mass is 303 g/mol. The summed E-state index contributed by atoms with van der Waals surface area (Å²) in [7, 11) is 0. The number of ketones is 1. The molecule has 0 aliphatic carbocycles. The second-order valence-corrected chi connectivity index (χ2v) is 5.77. The van der Waals surface area contributed by atoms with Gasteiger partial charge in [-0.1, -0.05) is 12.1 Å². The molecule has 4 atom stereocenters. The number of benzene rings is 1. The normalized spacial score (nSPS) is 29.3. The van der Waals surface area contributed by atoms with Gasteiger partial charge < -0.3 is 15.2 Å². The number of hydrogen-bond donors (Lipinski definition) is 2. The van der Waals surface area contributed by atoms with Crippen LogP contribution in [-0.2, 0) is 14.3 Å². The Morgan fingerprint density at radius 3 is 2.41 bits per heavy atom. The molecule has 6 heteroatoms. The fourth-order valence-corrected chi connectivity index (χ4v) is 3.44. The number of ether oxygens (including phenoxy) is 1. The molecule has 2 aliphatic rings. The first-order valence-corrected chi connectivity index (χ1v) is 7.28. The molecule has 0 spiro atoms. The fourth-order valence-electron chi connectivity index (χ4n) is 3.44. The number of carbonyl (C=O) groups is 3. The Bertz CT molecular complexity index is 641. The second kappa shape index (κ2) is 5.53. The molecule has 116 valence electrons. The number of carboxylic acid groups (broad SMARTS) is 1. The van der Waals surface area contributed by atoms with Crippen molar-refractivity contribution in [3.05, 3.63) is 29.8 Å². The zero-order valence-corrected chi connectivity index (χ0v) is 12.1. The zero-order chi connectivity index (χ0) is 15.9. The van der Waals surface area contributed by atoms with E-state index in [9.17, 15) is 19.5 Å². The largest absolute Gasteiger partial charge is 0.481 e. The maximum Gasteiger partial charge on any atom is 0.310 e. The third kappa shape index (κ3) is 2.39. The lowest BCUT2D eigenvalue weighted by atomic mass is 9.78. The highest BCUT2D eigenvalue weighted by atomic mass is 16.5. The summed E-state index contributed by atoms with van der Waals surface area (Å²) >= 11 is 0. The maximum atomic E-state index is 12.5. The van der Waals surface area contributed by atoms with Gasteiger partial charge in [-0.15, -0.1) is 0 Å². The van der Waals surface area contributed by atoms with Gasteiger partial charge in [0.15, 0.2) is 5.78 Å². The molecule has 3 rings (SSSR count). The van der Waals surface area contributed by atoms with Crippen molar-refractivity contribution in [2.75, 3.05) is 5.32 Å². The van der Waals surface area contributed by atoms with E-state index in [1.54, 1.807) is 24.3 Å². The third-order valence-electron chi connectivity index (χ3n) is 4.43. The van der Waals surface area contributed by atoms with Crippen molar-refractivity contribution in [3.63, 3.8) is 0 Å². The minimum atomic E-state index is -1.01. The van der Waals surface area contributed by atoms with Gasteiger partial charge in [0, 0.05) is 5.56 Å². The number of carboxylic acids is 1. The lowest BCUT2D eigenvalue weighted by Gasteiger charge is -2.24. The molecule has 1 amide bonds. The third-order valence-corrected chi connectivity index (χ3v) is 4.43. The molecule has 2 N–H and O–H groups in total. The Morgan fingerprint density at radius 1 is 1.14 bits per heavy atom. The van der Waals surface area contributed by atoms with E-state index in [2.05, 4.69) is 5.32 Å². The first kappa shape index (κ1) is 14.7. The van der Waals surface area contributed by atoms with E-state index in [4.69, 9.17) is 4.74 Å². The summed E-state index contributed by atoms with van der Waals surface area (Å²) < 4.78 is 5.59. The summed E-state index contributed by atoms with van der Waals surface area (Å²) in [6, 6.07) is 6.70. The van der Waals surface area contributed by atoms with E-state index in [0.717, 1.165) is 0 Å². The molecule has 2 bridgehead atoms. The molecular formula is C16H17NO5. The SMILES string of the molecule is CC(=O)c1ccccc1NC(=O)[C@@H]1[C@@H](C(=O)O)[C@H]2CC[C@H]1O2. The average molecular weight is 303 g/mol. The van der Waals surface area contributed by atoms with Crippen LogP contribution in [0.4, 0.5) is 5.69 Å². The number of Topliss-reactive ketones (excluding diaryl/α,β-unsaturated/α-hetero) is 1. The van der Waals surface area contributed by atoms with E-state index >= 15 is 0 Å². The summed E-state index contributed by atoms with van der Waals surface area (Å²) in [5.41, 5.74) is 0.818. The van der Waals surface area contributed by atoms with Crippen LogP contribution in [0, 0.1) is 11.8 Å². The first-order valence-electron chi connectivity index (χ1n) is 7.28. The van der Waals surface area contributed by atoms with Crippen molar-refractivity contribution in [2.24, 2.45) is 11.8 Å². The Labute approximate surface area is 127 Å². The van der Waals surface area contributed by atoms with Crippen molar-refractivity contribution < 1.29 is 24.2 Å². The topological polar surface area (TPSA) is 92.7 Å². The van der Waals surface area contributed by atoms with Gasteiger partial charge in [-0.2, -0.15) is 0 Å². The van der Waals surface area contributed by atoms with Crippen LogP contribution in [0.2, 0.25) is 0 Å². The van der Waals surface area contributed by atoms with E-state index in [1.807, 2.05) is 0 Å². The van der Waals surface area contributed by atoms with Crippen LogP contribution in [-0.4, -0.2) is 35.0 Å². The summed E-state index contributed by atoms with van der Waals surface area (Å²) in [5.74, 6) is -3.09. The predicted octanol–water partition coefficient (Wildman–Crippen LogP) is 1.71. The predicted molar refractivity (Wildman–Crippen MR) is 77.6 cm³/mol. The summed E-state index contributed by atoms with van der Waals surface area (Å²) in [4.78, 5) is 35.5. The highest BCUT2D eigenvalue weighted by molar-refractivity contribution is 6.05. The quantitative estimate of drug-likeness (QED) is 0.826. The van der Waals surface area contributed by atoms with Gasteiger partial charge in [0.25, 0.3) is 0 Å². The van der Waals surface area contributed by atoms with Gasteiger partial charge >= 0.3 is 5.97 Å². The van der Waals surface area contributed by atoms with Crippen molar-refractivity contribution in [1.29, 1.82) is 0 Å². The lowest BCUT2D eigenvalue weighted by Crippen LogP contribution is -2.41. The number of hydrogen-bond acceptors (Lipinski definition) is 4. The molecule has 2 saturated heterocycles. The highest BCUT2D eigenvalue weighted by Crippen LogP contribution is 2.44. The highest BCUT2D eigenvalue weighted by Gasteiger charge is 2.55. The Morgan fingerprint density at radius 2 is 1.77 bits per heavy atom. The van der Waals surface area contributed by atoms with Gasteiger partial charge in [0.1, 0.15) is 0 Å². The van der Waals surface area contributed by atoms with Crippen molar-refractivity contribution in [3.8, 4) is 0 Å². The molecule has 0 unspecified atom stereocenters. The van der Waals surface area contributed by atoms with Crippen molar-refractivity contribution in [2.45, 2.75) is 32.0 Å². The number of carbonyl (C=O) groups excluding carboxylic acids is 2. The van der Waals surface area contributed by atoms with Crippen LogP contribution in [0.3, 0.4) is 0 Å². The van der Waals surface area contributed by atoms with Crippen LogP contribution in [0.25, 0.3) is 0 Å². The molecule has 6 nitrogen and oxygen atoms in total. The van der Waals surface area contributed by atoms with E-state index < -0.39 is 23.7 Å². The average Bonchev–Trinajstić information content (AvgIpc) is 3.08. The van der Waals surface area contributed by atoms with E-state index in [1.165, 1.54) is 6.92 Å². The Kier molecular flexibility index (Phi) is 3.70. The van der Waals surface area contributed by atoms with Crippen LogP contribution >= 0.6 is 0 Å². The van der Waals surface area contributed by atoms with Crippen LogP contribution < -0.4 is 5.32 Å². The van der Waals surface area contributed by atoms with E-state index in [-0.39, 0.29) is 18.0 Å². The minimum absolute atomic E-state index is 0.158. The number of aliphatic carboxylic acids is 1. The Hall–Kier alpha value is -2.21. The lowest BCUT2D eigenvalue weighted by molar-refractivity contribution is -0.147. The molecule has 2 fully saturated rings. The molecule has 1 aromatic carbocycles. The van der Waals surface area contributed by atoms with Crippen LogP contribution in [0.1, 0.15) is 30.1 Å². The first-order chi connectivity index (χ1) is 10.5. The zero-order valence-electron chi connectivity index (χ0n) is 12.1. The van der Waals surface area contributed by atoms with Crippen LogP contribution in [0.5, 0.6) is 0 Å².